The van der Waals surface area contributed by atoms with E-state index in [9.17, 15) is 14.4 Å². The lowest BCUT2D eigenvalue weighted by molar-refractivity contribution is -0.151. The van der Waals surface area contributed by atoms with Gasteiger partial charge in [0.1, 0.15) is 10.9 Å². The van der Waals surface area contributed by atoms with Crippen molar-refractivity contribution in [1.29, 1.82) is 0 Å². The van der Waals surface area contributed by atoms with Crippen LogP contribution in [0.15, 0.2) is 29.3 Å². The number of thiophene rings is 1. The Morgan fingerprint density at radius 3 is 2.50 bits per heavy atom. The average molecular weight is 428 g/mol. The molecule has 1 amide bonds. The van der Waals surface area contributed by atoms with Gasteiger partial charge in [0.05, 0.1) is 22.7 Å². The minimum absolute atomic E-state index is 0.282. The maximum atomic E-state index is 13.1. The molecule has 1 N–H and O–H groups in total. The number of rotatable bonds is 5. The highest BCUT2D eigenvalue weighted by Crippen LogP contribution is 2.28. The molecule has 1 aromatic carbocycles. The second-order valence-electron chi connectivity index (χ2n) is 7.63. The number of fused-ring (bicyclic) bond motifs is 1. The Morgan fingerprint density at radius 2 is 1.87 bits per heavy atom. The van der Waals surface area contributed by atoms with Crippen LogP contribution in [0.3, 0.4) is 0 Å². The Bertz CT molecular complexity index is 1190. The van der Waals surface area contributed by atoms with Gasteiger partial charge in [-0.2, -0.15) is 0 Å². The molecule has 0 spiro atoms. The van der Waals surface area contributed by atoms with E-state index in [1.54, 1.807) is 27.7 Å². The van der Waals surface area contributed by atoms with Crippen molar-refractivity contribution in [2.75, 3.05) is 5.32 Å². The summed E-state index contributed by atoms with van der Waals surface area (Å²) in [6.45, 7) is 10.7. The van der Waals surface area contributed by atoms with Crippen molar-refractivity contribution in [1.82, 2.24) is 9.55 Å². The number of hydrogen-bond acceptors (Lipinski definition) is 6. The van der Waals surface area contributed by atoms with E-state index in [4.69, 9.17) is 4.74 Å². The lowest BCUT2D eigenvalue weighted by Crippen LogP contribution is -2.30. The number of anilines is 1. The predicted octanol–water partition coefficient (Wildman–Crippen LogP) is 4.15. The molecule has 30 heavy (non-hydrogen) atoms. The van der Waals surface area contributed by atoms with Gasteiger partial charge in [-0.3, -0.25) is 14.2 Å². The Kier molecular flexibility index (Phi) is 6.07. The zero-order chi connectivity index (χ0) is 22.2. The third kappa shape index (κ3) is 4.14. The molecule has 0 unspecified atom stereocenters. The number of nitrogens with one attached hydrogen (secondary N) is 1. The summed E-state index contributed by atoms with van der Waals surface area (Å²) in [7, 11) is 0. The summed E-state index contributed by atoms with van der Waals surface area (Å²) < 4.78 is 6.45. The quantitative estimate of drug-likeness (QED) is 0.618. The van der Waals surface area contributed by atoms with E-state index in [-0.39, 0.29) is 17.6 Å². The van der Waals surface area contributed by atoms with E-state index in [1.165, 1.54) is 10.9 Å². The number of aryl methyl sites for hydroxylation is 3. The van der Waals surface area contributed by atoms with Gasteiger partial charge in [0.25, 0.3) is 11.5 Å². The molecule has 0 saturated heterocycles. The summed E-state index contributed by atoms with van der Waals surface area (Å²) in [4.78, 5) is 43.4. The Balaban J connectivity index is 1.98. The van der Waals surface area contributed by atoms with Crippen molar-refractivity contribution >= 4 is 39.1 Å². The molecule has 158 valence electrons. The molecular weight excluding hydrogens is 402 g/mol. The van der Waals surface area contributed by atoms with Crippen LogP contribution in [0.1, 0.15) is 53.2 Å². The van der Waals surface area contributed by atoms with Crippen LogP contribution in [0.5, 0.6) is 0 Å². The summed E-state index contributed by atoms with van der Waals surface area (Å²) in [5.41, 5.74) is 2.97. The van der Waals surface area contributed by atoms with E-state index in [0.29, 0.717) is 20.7 Å². The van der Waals surface area contributed by atoms with Crippen LogP contribution in [0.25, 0.3) is 10.2 Å². The van der Waals surface area contributed by atoms with Gasteiger partial charge in [0.2, 0.25) is 0 Å². The number of carbonyl (C=O) groups excluding carboxylic acids is 2. The fraction of sp³-hybridized carbons (Fsp3) is 0.364. The average Bonchev–Trinajstić information content (AvgIpc) is 3.00. The lowest BCUT2D eigenvalue weighted by atomic mass is 10.1. The van der Waals surface area contributed by atoms with Crippen LogP contribution in [-0.2, 0) is 9.53 Å². The molecule has 3 aromatic rings. The predicted molar refractivity (Wildman–Crippen MR) is 118 cm³/mol. The van der Waals surface area contributed by atoms with E-state index >= 15 is 0 Å². The fourth-order valence-corrected chi connectivity index (χ4v) is 4.24. The smallest absolute Gasteiger partial charge is 0.329 e. The van der Waals surface area contributed by atoms with Crippen LogP contribution < -0.4 is 10.9 Å². The minimum atomic E-state index is -0.816. The highest BCUT2D eigenvalue weighted by atomic mass is 32.1. The number of carbonyl (C=O) groups is 2. The zero-order valence-electron chi connectivity index (χ0n) is 17.9. The molecule has 0 aliphatic carbocycles. The van der Waals surface area contributed by atoms with Gasteiger partial charge >= 0.3 is 5.97 Å². The third-order valence-electron chi connectivity index (χ3n) is 4.82. The molecule has 0 aliphatic heterocycles. The number of ether oxygens (including phenoxy) is 1. The minimum Gasteiger partial charge on any atom is -0.461 e. The molecule has 0 saturated carbocycles. The summed E-state index contributed by atoms with van der Waals surface area (Å²) in [6, 6.07) is 4.96. The fourth-order valence-electron chi connectivity index (χ4n) is 3.21. The van der Waals surface area contributed by atoms with Gasteiger partial charge < -0.3 is 10.1 Å². The first-order valence-corrected chi connectivity index (χ1v) is 10.5. The van der Waals surface area contributed by atoms with Gasteiger partial charge in [0.15, 0.2) is 0 Å². The first-order chi connectivity index (χ1) is 14.1. The normalized spacial score (nSPS) is 12.2. The molecule has 0 radical (unpaired) electrons. The zero-order valence-corrected chi connectivity index (χ0v) is 18.7. The van der Waals surface area contributed by atoms with E-state index in [2.05, 4.69) is 10.3 Å². The summed E-state index contributed by atoms with van der Waals surface area (Å²) in [5, 5.41) is 3.26. The second-order valence-corrected chi connectivity index (χ2v) is 8.63. The Morgan fingerprint density at radius 1 is 1.17 bits per heavy atom. The maximum Gasteiger partial charge on any atom is 0.329 e. The van der Waals surface area contributed by atoms with Crippen molar-refractivity contribution in [2.24, 2.45) is 0 Å². The lowest BCUT2D eigenvalue weighted by Gasteiger charge is -2.15. The van der Waals surface area contributed by atoms with Crippen LogP contribution in [0, 0.1) is 20.8 Å². The van der Waals surface area contributed by atoms with E-state index in [1.807, 2.05) is 32.0 Å². The topological polar surface area (TPSA) is 90.3 Å². The van der Waals surface area contributed by atoms with Gasteiger partial charge in [-0.25, -0.2) is 9.78 Å². The van der Waals surface area contributed by atoms with Gasteiger partial charge in [0, 0.05) is 5.69 Å². The molecule has 0 aliphatic rings. The summed E-state index contributed by atoms with van der Waals surface area (Å²) in [6.07, 6.45) is 1.05. The highest BCUT2D eigenvalue weighted by Gasteiger charge is 2.24. The molecule has 7 nitrogen and oxygen atoms in total. The second kappa shape index (κ2) is 8.39. The largest absolute Gasteiger partial charge is 0.461 e. The monoisotopic (exact) mass is 427 g/mol. The van der Waals surface area contributed by atoms with Gasteiger partial charge in [-0.15, -0.1) is 11.3 Å². The number of nitrogens with zero attached hydrogens (tertiary/aromatic N) is 2. The molecule has 3 rings (SSSR count). The molecule has 2 aromatic heterocycles. The van der Waals surface area contributed by atoms with Crippen LogP contribution in [-0.4, -0.2) is 27.5 Å². The molecule has 1 atom stereocenters. The number of amides is 1. The summed E-state index contributed by atoms with van der Waals surface area (Å²) in [5.74, 6) is -0.797. The van der Waals surface area contributed by atoms with Crippen molar-refractivity contribution in [3.8, 4) is 0 Å². The van der Waals surface area contributed by atoms with E-state index in [0.717, 1.165) is 28.2 Å². The van der Waals surface area contributed by atoms with Gasteiger partial charge in [-0.1, -0.05) is 17.7 Å². The number of hydrogen-bond donors (Lipinski definition) is 1. The summed E-state index contributed by atoms with van der Waals surface area (Å²) >= 11 is 1.16. The van der Waals surface area contributed by atoms with Crippen molar-refractivity contribution in [2.45, 2.75) is 53.7 Å². The van der Waals surface area contributed by atoms with Crippen molar-refractivity contribution in [3.05, 3.63) is 56.4 Å². The molecule has 0 bridgehead atoms. The number of esters is 1. The Hall–Kier alpha value is -3.00. The number of aromatic nitrogens is 2. The Labute approximate surface area is 178 Å². The van der Waals surface area contributed by atoms with E-state index < -0.39 is 12.0 Å². The molecule has 2 heterocycles. The van der Waals surface area contributed by atoms with Crippen molar-refractivity contribution < 1.29 is 14.3 Å². The molecule has 8 heteroatoms. The highest BCUT2D eigenvalue weighted by molar-refractivity contribution is 7.20. The maximum absolute atomic E-state index is 13.1. The van der Waals surface area contributed by atoms with Gasteiger partial charge in [-0.05, 0) is 58.7 Å². The first kappa shape index (κ1) is 21.7. The van der Waals surface area contributed by atoms with Crippen LogP contribution in [0.2, 0.25) is 0 Å². The third-order valence-corrected chi connectivity index (χ3v) is 6.02. The standard InChI is InChI=1S/C22H25N3O4S/c1-11(2)29-22(28)15(6)25-10-23-20-17(21(25)27)14(5)18(30-20)19(26)24-16-8-7-12(3)9-13(16)4/h7-11,15H,1-6H3,(H,24,26)/t15-/m0/s1. The SMILES string of the molecule is Cc1ccc(NC(=O)c2sc3ncn([C@@H](C)C(=O)OC(C)C)c(=O)c3c2C)c(C)c1. The number of benzene rings is 1. The molecule has 0 fully saturated rings. The van der Waals surface area contributed by atoms with Crippen LogP contribution in [0.4, 0.5) is 5.69 Å². The first-order valence-electron chi connectivity index (χ1n) is 9.69. The van der Waals surface area contributed by atoms with Crippen molar-refractivity contribution in [3.63, 3.8) is 0 Å². The van der Waals surface area contributed by atoms with Crippen LogP contribution >= 0.6 is 11.3 Å². The molecular formula is C22H25N3O4S.